The van der Waals surface area contributed by atoms with Crippen molar-refractivity contribution in [3.05, 3.63) is 35.4 Å². The van der Waals surface area contributed by atoms with Crippen molar-refractivity contribution in [2.45, 2.75) is 38.0 Å². The molecule has 2 rings (SSSR count). The minimum Gasteiger partial charge on any atom is -0.479 e. The van der Waals surface area contributed by atoms with Crippen LogP contribution in [0.3, 0.4) is 0 Å². The predicted octanol–water partition coefficient (Wildman–Crippen LogP) is 2.68. The molecule has 1 fully saturated rings. The zero-order chi connectivity index (χ0) is 18.8. The van der Waals surface area contributed by atoms with E-state index in [1.54, 1.807) is 0 Å². The Morgan fingerprint density at radius 1 is 1.40 bits per heavy atom. The van der Waals surface area contributed by atoms with Gasteiger partial charge in [0.2, 0.25) is 5.91 Å². The van der Waals surface area contributed by atoms with Crippen LogP contribution in [-0.2, 0) is 15.8 Å². The van der Waals surface area contributed by atoms with E-state index in [2.05, 4.69) is 5.32 Å². The Bertz CT molecular complexity index is 648. The number of hydrogen-bond donors (Lipinski definition) is 2. The summed E-state index contributed by atoms with van der Waals surface area (Å²) in [4.78, 5) is 26.1. The lowest BCUT2D eigenvalue weighted by molar-refractivity contribution is -0.143. The normalized spacial score (nSPS) is 22.6. The first-order valence-electron chi connectivity index (χ1n) is 8.05. The first kappa shape index (κ1) is 19.2. The Morgan fingerprint density at radius 3 is 2.64 bits per heavy atom. The molecule has 25 heavy (non-hydrogen) atoms. The molecule has 1 saturated heterocycles. The number of likely N-dealkylation sites (tertiary alicyclic amines) is 1. The molecule has 0 aromatic heterocycles. The van der Waals surface area contributed by atoms with Crippen LogP contribution in [0.25, 0.3) is 0 Å². The first-order valence-corrected chi connectivity index (χ1v) is 8.05. The Hall–Kier alpha value is -2.09. The average Bonchev–Trinajstić information content (AvgIpc) is 2.92. The molecule has 2 N–H and O–H groups in total. The number of carbonyl (C=O) groups is 2. The summed E-state index contributed by atoms with van der Waals surface area (Å²) >= 11 is 0. The molecule has 1 aliphatic heterocycles. The molecule has 0 spiro atoms. The molecule has 1 unspecified atom stereocenters. The van der Waals surface area contributed by atoms with E-state index in [0.717, 1.165) is 31.2 Å². The van der Waals surface area contributed by atoms with Crippen molar-refractivity contribution in [2.24, 2.45) is 5.92 Å². The van der Waals surface area contributed by atoms with Crippen molar-refractivity contribution in [1.29, 1.82) is 0 Å². The highest BCUT2D eigenvalue weighted by molar-refractivity contribution is 5.86. The maximum atomic E-state index is 12.8. The highest BCUT2D eigenvalue weighted by atomic mass is 19.4. The van der Waals surface area contributed by atoms with E-state index >= 15 is 0 Å². The van der Waals surface area contributed by atoms with Gasteiger partial charge in [0.15, 0.2) is 6.04 Å². The van der Waals surface area contributed by atoms with Crippen molar-refractivity contribution in [1.82, 2.24) is 10.2 Å². The van der Waals surface area contributed by atoms with Crippen LogP contribution < -0.4 is 5.32 Å². The minimum atomic E-state index is -4.58. The van der Waals surface area contributed by atoms with E-state index in [0.29, 0.717) is 6.42 Å². The lowest BCUT2D eigenvalue weighted by Gasteiger charge is -2.24. The third-order valence-corrected chi connectivity index (χ3v) is 4.66. The zero-order valence-electron chi connectivity index (χ0n) is 14.0. The van der Waals surface area contributed by atoms with Gasteiger partial charge >= 0.3 is 12.1 Å². The number of carboxylic acids is 1. The topological polar surface area (TPSA) is 69.6 Å². The second kappa shape index (κ2) is 7.43. The lowest BCUT2D eigenvalue weighted by Crippen LogP contribution is -2.42. The smallest absolute Gasteiger partial charge is 0.416 e. The number of rotatable bonds is 5. The van der Waals surface area contributed by atoms with E-state index in [1.807, 2.05) is 18.9 Å². The van der Waals surface area contributed by atoms with Gasteiger partial charge in [-0.2, -0.15) is 13.2 Å². The number of benzene rings is 1. The summed E-state index contributed by atoms with van der Waals surface area (Å²) in [5.74, 6) is -2.21. The monoisotopic (exact) mass is 358 g/mol. The Labute approximate surface area is 143 Å². The van der Waals surface area contributed by atoms with Gasteiger partial charge in [-0.3, -0.25) is 4.79 Å². The fraction of sp³-hybridized carbons (Fsp3) is 0.529. The second-order valence-electron chi connectivity index (χ2n) is 6.25. The van der Waals surface area contributed by atoms with Crippen molar-refractivity contribution in [2.75, 3.05) is 13.6 Å². The van der Waals surface area contributed by atoms with Crippen LogP contribution >= 0.6 is 0 Å². The maximum absolute atomic E-state index is 12.8. The largest absolute Gasteiger partial charge is 0.479 e. The summed E-state index contributed by atoms with van der Waals surface area (Å²) in [5, 5.41) is 11.8. The van der Waals surface area contributed by atoms with E-state index in [1.165, 1.54) is 6.07 Å². The van der Waals surface area contributed by atoms with E-state index in [4.69, 9.17) is 0 Å². The molecule has 5 nitrogen and oxygen atoms in total. The van der Waals surface area contributed by atoms with Gasteiger partial charge in [-0.05, 0) is 44.1 Å². The minimum absolute atomic E-state index is 0.00375. The zero-order valence-corrected chi connectivity index (χ0v) is 14.0. The molecule has 0 saturated carbocycles. The van der Waals surface area contributed by atoms with Crippen LogP contribution in [0.1, 0.15) is 36.9 Å². The standard InChI is InChI=1S/C17H21F3N2O3/c1-3-13-12(7-8-22(13)2)15(23)21-14(16(24)25)10-5-4-6-11(9-10)17(18,19)20/h4-6,9,12-14H,3,7-8H2,1-2H3,(H,21,23)(H,24,25)/t12-,13+,14?/m0/s1. The van der Waals surface area contributed by atoms with Crippen LogP contribution in [0.4, 0.5) is 13.2 Å². The van der Waals surface area contributed by atoms with Gasteiger partial charge in [0.1, 0.15) is 0 Å². The van der Waals surface area contributed by atoms with Gasteiger partial charge in [-0.1, -0.05) is 19.1 Å². The van der Waals surface area contributed by atoms with Crippen molar-refractivity contribution < 1.29 is 27.9 Å². The van der Waals surface area contributed by atoms with Crippen LogP contribution in [0.5, 0.6) is 0 Å². The molecule has 1 heterocycles. The third-order valence-electron chi connectivity index (χ3n) is 4.66. The number of carbonyl (C=O) groups excluding carboxylic acids is 1. The van der Waals surface area contributed by atoms with Gasteiger partial charge < -0.3 is 15.3 Å². The van der Waals surface area contributed by atoms with Crippen LogP contribution in [0.2, 0.25) is 0 Å². The molecular weight excluding hydrogens is 337 g/mol. The van der Waals surface area contributed by atoms with E-state index in [-0.39, 0.29) is 17.5 Å². The molecule has 3 atom stereocenters. The molecule has 138 valence electrons. The summed E-state index contributed by atoms with van der Waals surface area (Å²) < 4.78 is 38.5. The highest BCUT2D eigenvalue weighted by Crippen LogP contribution is 2.31. The number of hydrogen-bond acceptors (Lipinski definition) is 3. The summed E-state index contributed by atoms with van der Waals surface area (Å²) in [7, 11) is 1.89. The molecule has 0 aliphatic carbocycles. The summed E-state index contributed by atoms with van der Waals surface area (Å²) in [6, 6.07) is 2.51. The molecule has 1 amide bonds. The van der Waals surface area contributed by atoms with Gasteiger partial charge in [0, 0.05) is 6.04 Å². The molecule has 1 aliphatic rings. The Kier molecular flexibility index (Phi) is 5.72. The molecule has 0 radical (unpaired) electrons. The number of carboxylic acid groups (broad SMARTS) is 1. The molecule has 8 heteroatoms. The van der Waals surface area contributed by atoms with Crippen LogP contribution in [-0.4, -0.2) is 41.5 Å². The van der Waals surface area contributed by atoms with Gasteiger partial charge in [-0.15, -0.1) is 0 Å². The van der Waals surface area contributed by atoms with Crippen molar-refractivity contribution in [3.63, 3.8) is 0 Å². The van der Waals surface area contributed by atoms with Crippen molar-refractivity contribution >= 4 is 11.9 Å². The third kappa shape index (κ3) is 4.31. The van der Waals surface area contributed by atoms with Gasteiger partial charge in [0.25, 0.3) is 0 Å². The maximum Gasteiger partial charge on any atom is 0.416 e. The van der Waals surface area contributed by atoms with Gasteiger partial charge in [-0.25, -0.2) is 4.79 Å². The summed E-state index contributed by atoms with van der Waals surface area (Å²) in [6.45, 7) is 2.66. The van der Waals surface area contributed by atoms with E-state index < -0.39 is 29.7 Å². The number of nitrogens with one attached hydrogen (secondary N) is 1. The number of alkyl halides is 3. The number of nitrogens with zero attached hydrogens (tertiary/aromatic N) is 1. The fourth-order valence-corrected chi connectivity index (χ4v) is 3.34. The lowest BCUT2D eigenvalue weighted by atomic mass is 9.96. The number of amides is 1. The number of aliphatic carboxylic acids is 1. The predicted molar refractivity (Wildman–Crippen MR) is 84.8 cm³/mol. The number of halogens is 3. The van der Waals surface area contributed by atoms with E-state index in [9.17, 15) is 27.9 Å². The SMILES string of the molecule is CC[C@@H]1[C@@H](C(=O)NC(C(=O)O)c2cccc(C(F)(F)F)c2)CCN1C. The molecule has 1 aromatic rings. The quantitative estimate of drug-likeness (QED) is 0.849. The van der Waals surface area contributed by atoms with Crippen LogP contribution in [0, 0.1) is 5.92 Å². The Morgan fingerprint density at radius 2 is 2.08 bits per heavy atom. The average molecular weight is 358 g/mol. The molecular formula is C17H21F3N2O3. The van der Waals surface area contributed by atoms with Crippen molar-refractivity contribution in [3.8, 4) is 0 Å². The summed E-state index contributed by atoms with van der Waals surface area (Å²) in [6.07, 6.45) is -3.25. The summed E-state index contributed by atoms with van der Waals surface area (Å²) in [5.41, 5.74) is -1.05. The second-order valence-corrected chi connectivity index (χ2v) is 6.25. The van der Waals surface area contributed by atoms with Crippen LogP contribution in [0.15, 0.2) is 24.3 Å². The van der Waals surface area contributed by atoms with Gasteiger partial charge in [0.05, 0.1) is 11.5 Å². The fourth-order valence-electron chi connectivity index (χ4n) is 3.34. The molecule has 1 aromatic carbocycles. The highest BCUT2D eigenvalue weighted by Gasteiger charge is 2.38. The Balaban J connectivity index is 2.22. The molecule has 0 bridgehead atoms. The first-order chi connectivity index (χ1) is 11.6.